The van der Waals surface area contributed by atoms with E-state index in [1.807, 2.05) is 30.3 Å². The van der Waals surface area contributed by atoms with Crippen molar-refractivity contribution in [1.82, 2.24) is 15.5 Å². The van der Waals surface area contributed by atoms with Crippen LogP contribution < -0.4 is 24.8 Å². The van der Waals surface area contributed by atoms with Gasteiger partial charge in [0.1, 0.15) is 23.9 Å². The topological polar surface area (TPSA) is 67.4 Å². The van der Waals surface area contributed by atoms with Crippen LogP contribution in [-0.4, -0.2) is 58.4 Å². The molecule has 0 heterocycles. The van der Waals surface area contributed by atoms with E-state index in [4.69, 9.17) is 14.2 Å². The zero-order valence-electron chi connectivity index (χ0n) is 19.4. The molecule has 2 N–H and O–H groups in total. The van der Waals surface area contributed by atoms with Crippen LogP contribution >= 0.6 is 0 Å². The molecule has 0 unspecified atom stereocenters. The SMILES string of the molecule is CCN(CC)CCOc1ccc(CNC(=NC)NCc2ccc(OC)cc2OC)cc1. The molecule has 0 saturated carbocycles. The highest BCUT2D eigenvalue weighted by atomic mass is 16.5. The van der Waals surface area contributed by atoms with E-state index in [1.165, 1.54) is 0 Å². The second-order valence-corrected chi connectivity index (χ2v) is 6.98. The molecule has 170 valence electrons. The van der Waals surface area contributed by atoms with Crippen molar-refractivity contribution in [3.63, 3.8) is 0 Å². The minimum atomic E-state index is 0.589. The summed E-state index contributed by atoms with van der Waals surface area (Å²) in [6.07, 6.45) is 0. The summed E-state index contributed by atoms with van der Waals surface area (Å²) >= 11 is 0. The van der Waals surface area contributed by atoms with Gasteiger partial charge in [-0.1, -0.05) is 26.0 Å². The van der Waals surface area contributed by atoms with Crippen molar-refractivity contribution in [3.05, 3.63) is 53.6 Å². The van der Waals surface area contributed by atoms with Gasteiger partial charge in [-0.05, 0) is 42.9 Å². The lowest BCUT2D eigenvalue weighted by atomic mass is 10.2. The quantitative estimate of drug-likeness (QED) is 0.399. The number of benzene rings is 2. The van der Waals surface area contributed by atoms with Gasteiger partial charge in [0.2, 0.25) is 0 Å². The summed E-state index contributed by atoms with van der Waals surface area (Å²) in [5.74, 6) is 3.16. The number of hydrogen-bond donors (Lipinski definition) is 2. The first-order valence-electron chi connectivity index (χ1n) is 10.7. The maximum atomic E-state index is 5.85. The number of methoxy groups -OCH3 is 2. The summed E-state index contributed by atoms with van der Waals surface area (Å²) in [6.45, 7) is 9.33. The first-order valence-corrected chi connectivity index (χ1v) is 10.7. The highest BCUT2D eigenvalue weighted by Crippen LogP contribution is 2.24. The largest absolute Gasteiger partial charge is 0.497 e. The standard InChI is InChI=1S/C24H36N4O3/c1-6-28(7-2)14-15-31-21-11-8-19(9-12-21)17-26-24(25-3)27-18-20-10-13-22(29-4)16-23(20)30-5/h8-13,16H,6-7,14-15,17-18H2,1-5H3,(H2,25,26,27). The third-order valence-electron chi connectivity index (χ3n) is 5.12. The molecular formula is C24H36N4O3. The molecule has 0 atom stereocenters. The van der Waals surface area contributed by atoms with Gasteiger partial charge in [-0.15, -0.1) is 0 Å². The lowest BCUT2D eigenvalue weighted by Gasteiger charge is -2.18. The molecule has 0 saturated heterocycles. The van der Waals surface area contributed by atoms with Gasteiger partial charge in [0.05, 0.1) is 14.2 Å². The zero-order valence-corrected chi connectivity index (χ0v) is 19.4. The number of ether oxygens (including phenoxy) is 3. The maximum Gasteiger partial charge on any atom is 0.191 e. The average molecular weight is 429 g/mol. The molecule has 0 aliphatic heterocycles. The van der Waals surface area contributed by atoms with E-state index in [-0.39, 0.29) is 0 Å². The van der Waals surface area contributed by atoms with Crippen LogP contribution in [0, 0.1) is 0 Å². The van der Waals surface area contributed by atoms with Gasteiger partial charge in [0.25, 0.3) is 0 Å². The summed E-state index contributed by atoms with van der Waals surface area (Å²) in [5, 5.41) is 6.65. The molecule has 2 aromatic rings. The van der Waals surface area contributed by atoms with Crippen LogP contribution in [-0.2, 0) is 13.1 Å². The van der Waals surface area contributed by atoms with Crippen molar-refractivity contribution in [2.45, 2.75) is 26.9 Å². The monoisotopic (exact) mass is 428 g/mol. The van der Waals surface area contributed by atoms with E-state index >= 15 is 0 Å². The van der Waals surface area contributed by atoms with E-state index in [1.54, 1.807) is 21.3 Å². The summed E-state index contributed by atoms with van der Waals surface area (Å²) in [6, 6.07) is 13.9. The van der Waals surface area contributed by atoms with E-state index < -0.39 is 0 Å². The minimum absolute atomic E-state index is 0.589. The summed E-state index contributed by atoms with van der Waals surface area (Å²) < 4.78 is 16.6. The van der Waals surface area contributed by atoms with Crippen LogP contribution in [0.4, 0.5) is 0 Å². The zero-order chi connectivity index (χ0) is 22.5. The Hall–Kier alpha value is -2.93. The van der Waals surface area contributed by atoms with E-state index in [2.05, 4.69) is 46.5 Å². The number of rotatable bonds is 12. The number of aliphatic imine (C=N–C) groups is 1. The second kappa shape index (κ2) is 13.4. The predicted octanol–water partition coefficient (Wildman–Crippen LogP) is 3.29. The number of likely N-dealkylation sites (N-methyl/N-ethyl adjacent to an activating group) is 1. The van der Waals surface area contributed by atoms with Crippen LogP contribution in [0.25, 0.3) is 0 Å². The van der Waals surface area contributed by atoms with Crippen molar-refractivity contribution >= 4 is 5.96 Å². The van der Waals surface area contributed by atoms with Crippen LogP contribution in [0.2, 0.25) is 0 Å². The molecule has 7 heteroatoms. The van der Waals surface area contributed by atoms with Crippen LogP contribution in [0.5, 0.6) is 17.2 Å². The van der Waals surface area contributed by atoms with Gasteiger partial charge in [-0.3, -0.25) is 4.99 Å². The normalized spacial score (nSPS) is 11.4. The smallest absolute Gasteiger partial charge is 0.191 e. The molecular weight excluding hydrogens is 392 g/mol. The van der Waals surface area contributed by atoms with E-state index in [9.17, 15) is 0 Å². The molecule has 0 aliphatic rings. The lowest BCUT2D eigenvalue weighted by Crippen LogP contribution is -2.36. The Balaban J connectivity index is 1.80. The first-order chi connectivity index (χ1) is 15.1. The summed E-state index contributed by atoms with van der Waals surface area (Å²) in [4.78, 5) is 6.64. The molecule has 0 bridgehead atoms. The summed E-state index contributed by atoms with van der Waals surface area (Å²) in [5.41, 5.74) is 2.18. The molecule has 0 fully saturated rings. The fourth-order valence-electron chi connectivity index (χ4n) is 3.12. The van der Waals surface area contributed by atoms with Gasteiger partial charge >= 0.3 is 0 Å². The fourth-order valence-corrected chi connectivity index (χ4v) is 3.12. The number of nitrogens with one attached hydrogen (secondary N) is 2. The second-order valence-electron chi connectivity index (χ2n) is 6.98. The molecule has 7 nitrogen and oxygen atoms in total. The van der Waals surface area contributed by atoms with Crippen molar-refractivity contribution in [1.29, 1.82) is 0 Å². The third-order valence-corrected chi connectivity index (χ3v) is 5.12. The molecule has 31 heavy (non-hydrogen) atoms. The molecule has 0 radical (unpaired) electrons. The van der Waals surface area contributed by atoms with Gasteiger partial charge in [0.15, 0.2) is 5.96 Å². The highest BCUT2D eigenvalue weighted by Gasteiger charge is 2.07. The van der Waals surface area contributed by atoms with Gasteiger partial charge < -0.3 is 29.7 Å². The van der Waals surface area contributed by atoms with E-state index in [0.717, 1.165) is 54.0 Å². The molecule has 2 aromatic carbocycles. The molecule has 0 aromatic heterocycles. The Morgan fingerprint density at radius 2 is 1.58 bits per heavy atom. The number of guanidine groups is 1. The van der Waals surface area contributed by atoms with Crippen molar-refractivity contribution in [2.24, 2.45) is 4.99 Å². The third kappa shape index (κ3) is 8.02. The maximum absolute atomic E-state index is 5.85. The van der Waals surface area contributed by atoms with E-state index in [0.29, 0.717) is 19.7 Å². The predicted molar refractivity (Wildman–Crippen MR) is 126 cm³/mol. The Bertz CT molecular complexity index is 805. The molecule has 0 aliphatic carbocycles. The van der Waals surface area contributed by atoms with Crippen LogP contribution in [0.3, 0.4) is 0 Å². The number of hydrogen-bond acceptors (Lipinski definition) is 5. The molecule has 2 rings (SSSR count). The molecule has 0 amide bonds. The Labute approximate surface area is 186 Å². The van der Waals surface area contributed by atoms with Gasteiger partial charge in [-0.2, -0.15) is 0 Å². The van der Waals surface area contributed by atoms with Gasteiger partial charge in [-0.25, -0.2) is 0 Å². The Morgan fingerprint density at radius 3 is 2.19 bits per heavy atom. The van der Waals surface area contributed by atoms with Crippen molar-refractivity contribution in [3.8, 4) is 17.2 Å². The molecule has 0 spiro atoms. The van der Waals surface area contributed by atoms with Crippen LogP contribution in [0.1, 0.15) is 25.0 Å². The van der Waals surface area contributed by atoms with Gasteiger partial charge in [0, 0.05) is 38.3 Å². The first kappa shape index (κ1) is 24.3. The van der Waals surface area contributed by atoms with Crippen molar-refractivity contribution < 1.29 is 14.2 Å². The highest BCUT2D eigenvalue weighted by molar-refractivity contribution is 5.79. The lowest BCUT2D eigenvalue weighted by molar-refractivity contribution is 0.223. The van der Waals surface area contributed by atoms with Crippen molar-refractivity contribution in [2.75, 3.05) is 47.5 Å². The number of nitrogens with zero attached hydrogens (tertiary/aromatic N) is 2. The van der Waals surface area contributed by atoms with Crippen LogP contribution in [0.15, 0.2) is 47.5 Å². The average Bonchev–Trinajstić information content (AvgIpc) is 2.82. The Morgan fingerprint density at radius 1 is 0.903 bits per heavy atom. The fraction of sp³-hybridized carbons (Fsp3) is 0.458. The Kier molecular flexibility index (Phi) is 10.5. The minimum Gasteiger partial charge on any atom is -0.497 e. The summed E-state index contributed by atoms with van der Waals surface area (Å²) in [7, 11) is 5.05.